The second-order valence-corrected chi connectivity index (χ2v) is 0. The van der Waals surface area contributed by atoms with E-state index in [1.807, 2.05) is 0 Å². The molecular formula is CH9AlFeMn2Si. The van der Waals surface area contributed by atoms with Gasteiger partial charge in [0.2, 0.25) is 0 Å². The van der Waals surface area contributed by atoms with Crippen LogP contribution in [0, 0.1) is 0 Å². The first kappa shape index (κ1) is 23.9. The molecule has 0 aliphatic rings. The van der Waals surface area contributed by atoms with Gasteiger partial charge in [-0.1, -0.05) is 6.55 Å². The van der Waals surface area contributed by atoms with E-state index in [2.05, 4.69) is 34.9 Å². The van der Waals surface area contributed by atoms with Crippen molar-refractivity contribution in [1.29, 1.82) is 0 Å². The summed E-state index contributed by atoms with van der Waals surface area (Å²) in [4.78, 5) is 0. The van der Waals surface area contributed by atoms with Crippen molar-refractivity contribution >= 4 is 27.6 Å². The molecule has 0 nitrogen and oxygen atoms in total. The van der Waals surface area contributed by atoms with Crippen LogP contribution in [-0.2, 0) is 45.4 Å². The summed E-state index contributed by atoms with van der Waals surface area (Å²) in [5.41, 5.74) is 0. The first-order valence-electron chi connectivity index (χ1n) is 1.13. The summed E-state index contributed by atoms with van der Waals surface area (Å²) in [6.07, 6.45) is 0. The van der Waals surface area contributed by atoms with E-state index in [1.54, 1.807) is 0 Å². The molecule has 0 aromatic carbocycles. The van der Waals surface area contributed by atoms with Gasteiger partial charge in [-0.05, 0) is 10.2 Å². The van der Waals surface area contributed by atoms with Gasteiger partial charge >= 0.3 is 28.4 Å². The van der Waals surface area contributed by atoms with E-state index in [-0.39, 0.29) is 34.4 Å². The number of hydrogen-bond donors (Lipinski definition) is 0. The number of hydrogen-bond acceptors (Lipinski definition) is 0. The monoisotopic (exact) mass is 242 g/mol. The molecule has 0 aromatic rings. The van der Waals surface area contributed by atoms with Crippen molar-refractivity contribution < 1.29 is 45.4 Å². The van der Waals surface area contributed by atoms with Gasteiger partial charge < -0.3 is 0 Å². The molecule has 5 heteroatoms. The third-order valence-corrected chi connectivity index (χ3v) is 0. The Morgan fingerprint density at radius 3 is 1.33 bits per heavy atom. The molecule has 0 unspecified atom stereocenters. The average molecular weight is 242 g/mol. The van der Waals surface area contributed by atoms with Gasteiger partial charge in [0.1, 0.15) is 0 Å². The quantitative estimate of drug-likeness (QED) is 0.440. The molecule has 42 valence electrons. The summed E-state index contributed by atoms with van der Waals surface area (Å²) in [6, 6.07) is 0. The molecule has 1 radical (unpaired) electrons. The van der Waals surface area contributed by atoms with Crippen molar-refractivity contribution in [3.63, 3.8) is 0 Å². The van der Waals surface area contributed by atoms with Crippen LogP contribution >= 0.6 is 0 Å². The molecule has 0 N–H and O–H groups in total. The van der Waals surface area contributed by atoms with Gasteiger partial charge in [-0.15, -0.1) is 0 Å². The van der Waals surface area contributed by atoms with E-state index in [0.717, 1.165) is 0 Å². The third-order valence-electron chi connectivity index (χ3n) is 0. The minimum atomic E-state index is 0. The Morgan fingerprint density at radius 1 is 1.33 bits per heavy atom. The molecule has 0 saturated carbocycles. The summed E-state index contributed by atoms with van der Waals surface area (Å²) in [7, 11) is 1.31. The van der Waals surface area contributed by atoms with E-state index < -0.39 is 0 Å². The normalized spacial score (nSPS) is 2.50. The van der Waals surface area contributed by atoms with Crippen molar-refractivity contribution in [2.24, 2.45) is 0 Å². The van der Waals surface area contributed by atoms with Crippen LogP contribution in [-0.4, -0.2) is 27.6 Å². The van der Waals surface area contributed by atoms with Crippen molar-refractivity contribution in [3.8, 4) is 0 Å². The zero-order valence-corrected chi connectivity index (χ0v) is 8.57. The Morgan fingerprint density at radius 2 is 1.33 bits per heavy atom. The standard InChI is InChI=1S/CH6Si.Al.Fe.2Mn.3H/c1-2;;;;;;;/h1-2H3;;;;;;;. The molecule has 0 aromatic heterocycles. The summed E-state index contributed by atoms with van der Waals surface area (Å²) in [5.74, 6) is 0. The maximum atomic E-state index is 3.06. The van der Waals surface area contributed by atoms with E-state index in [4.69, 9.17) is 0 Å². The van der Waals surface area contributed by atoms with Gasteiger partial charge in [-0.3, -0.25) is 0 Å². The molecule has 6 heavy (non-hydrogen) atoms. The van der Waals surface area contributed by atoms with Crippen LogP contribution in [0.5, 0.6) is 0 Å². The van der Waals surface area contributed by atoms with Gasteiger partial charge in [0.05, 0.1) is 0 Å². The van der Waals surface area contributed by atoms with E-state index >= 15 is 0 Å². The molecule has 0 heterocycles. The fourth-order valence-electron chi connectivity index (χ4n) is 0. The zero-order valence-electron chi connectivity index (χ0n) is 3.11. The molecule has 0 aliphatic heterocycles. The summed E-state index contributed by atoms with van der Waals surface area (Å²) >= 11 is 5.75. The van der Waals surface area contributed by atoms with Crippen LogP contribution in [0.25, 0.3) is 0 Å². The molecule has 0 atom stereocenters. The van der Waals surface area contributed by atoms with Gasteiger partial charge in [-0.25, -0.2) is 0 Å². The van der Waals surface area contributed by atoms with Gasteiger partial charge in [0.15, 0.2) is 17.4 Å². The second kappa shape index (κ2) is 54.6. The van der Waals surface area contributed by atoms with Gasteiger partial charge in [0.25, 0.3) is 0 Å². The van der Waals surface area contributed by atoms with Crippen molar-refractivity contribution in [2.45, 2.75) is 6.55 Å². The van der Waals surface area contributed by atoms with Gasteiger partial charge in [0, 0.05) is 17.1 Å². The fourth-order valence-corrected chi connectivity index (χ4v) is 0. The predicted octanol–water partition coefficient (Wildman–Crippen LogP) is -1.79. The van der Waals surface area contributed by atoms with E-state index in [0.29, 0.717) is 0 Å². The van der Waals surface area contributed by atoms with Crippen LogP contribution in [0.15, 0.2) is 0 Å². The molecule has 0 bridgehead atoms. The topological polar surface area (TPSA) is 0 Å². The van der Waals surface area contributed by atoms with Crippen molar-refractivity contribution in [1.82, 2.24) is 0 Å². The van der Waals surface area contributed by atoms with E-state index in [1.165, 1.54) is 10.2 Å². The van der Waals surface area contributed by atoms with E-state index in [9.17, 15) is 0 Å². The zero-order chi connectivity index (χ0) is 4.00. The Hall–Kier alpha value is 2.31. The van der Waals surface area contributed by atoms with Crippen LogP contribution in [0.1, 0.15) is 0 Å². The molecule has 0 saturated heterocycles. The van der Waals surface area contributed by atoms with Crippen LogP contribution < -0.4 is 0 Å². The van der Waals surface area contributed by atoms with Crippen LogP contribution in [0.3, 0.4) is 0 Å². The first-order valence-corrected chi connectivity index (χ1v) is 5.27. The summed E-state index contributed by atoms with van der Waals surface area (Å²) in [6.45, 7) is 2.14. The molecular weight excluding hydrogens is 233 g/mol. The predicted molar refractivity (Wildman–Crippen MR) is 25.7 cm³/mol. The molecule has 0 aliphatic carbocycles. The molecule has 0 amide bonds. The van der Waals surface area contributed by atoms with Crippen molar-refractivity contribution in [3.05, 3.63) is 0 Å². The SMILES string of the molecule is C[SiH3].[AlH3].[Mn].[Mn][Fe]. The average Bonchev–Trinajstić information content (AvgIpc) is 1.50. The molecule has 0 fully saturated rings. The Labute approximate surface area is 78.8 Å². The van der Waals surface area contributed by atoms with Crippen molar-refractivity contribution in [2.75, 3.05) is 0 Å². The van der Waals surface area contributed by atoms with Gasteiger partial charge in [-0.2, -0.15) is 0 Å². The maximum absolute atomic E-state index is 3.06. The van der Waals surface area contributed by atoms with Crippen LogP contribution in [0.2, 0.25) is 6.55 Å². The fraction of sp³-hybridized carbons (Fsp3) is 1.00. The summed E-state index contributed by atoms with van der Waals surface area (Å²) in [5, 5.41) is 0. The summed E-state index contributed by atoms with van der Waals surface area (Å²) < 4.78 is 0. The Kier molecular flexibility index (Phi) is 218. The second-order valence-electron chi connectivity index (χ2n) is 0. The Balaban J connectivity index is -0.00000000500. The van der Waals surface area contributed by atoms with Crippen LogP contribution in [0.4, 0.5) is 0 Å². The molecule has 0 spiro atoms. The minimum absolute atomic E-state index is 0. The molecule has 0 rings (SSSR count). The first-order chi connectivity index (χ1) is 2.00. The third kappa shape index (κ3) is 33.4. The number of rotatable bonds is 0. The Bertz CT molecular complexity index is 13.5.